The van der Waals surface area contributed by atoms with E-state index in [0.29, 0.717) is 25.7 Å². The van der Waals surface area contributed by atoms with Crippen LogP contribution in [0.25, 0.3) is 0 Å². The second-order valence-corrected chi connectivity index (χ2v) is 4.19. The Morgan fingerprint density at radius 2 is 2.00 bits per heavy atom. The quantitative estimate of drug-likeness (QED) is 0.739. The molecule has 6 nitrogen and oxygen atoms in total. The number of hydrogen-bond donors (Lipinski definition) is 2. The van der Waals surface area contributed by atoms with E-state index in [1.165, 1.54) is 18.3 Å². The number of nitrogens with zero attached hydrogens (tertiary/aromatic N) is 1. The Balaban J connectivity index is 2.03. The van der Waals surface area contributed by atoms with E-state index in [-0.39, 0.29) is 23.8 Å². The summed E-state index contributed by atoms with van der Waals surface area (Å²) in [4.78, 5) is 3.91. The Labute approximate surface area is 99.0 Å². The van der Waals surface area contributed by atoms with Crippen LogP contribution in [0.1, 0.15) is 25.7 Å². The third kappa shape index (κ3) is 3.13. The molecule has 0 saturated heterocycles. The van der Waals surface area contributed by atoms with Crippen molar-refractivity contribution in [3.8, 4) is 5.88 Å². The lowest BCUT2D eigenvalue weighted by molar-refractivity contribution is -0.715. The number of aliphatic hydroxyl groups excluding tert-OH is 1. The van der Waals surface area contributed by atoms with Gasteiger partial charge in [0.2, 0.25) is 0 Å². The number of quaternary nitrogens is 1. The van der Waals surface area contributed by atoms with Crippen molar-refractivity contribution in [2.75, 3.05) is 0 Å². The Kier molecular flexibility index (Phi) is 3.90. The molecule has 6 heteroatoms. The van der Waals surface area contributed by atoms with Crippen LogP contribution in [0, 0.1) is 10.4 Å². The maximum absolute atomic E-state index is 10.8. The summed E-state index contributed by atoms with van der Waals surface area (Å²) >= 11 is 0. The lowest BCUT2D eigenvalue weighted by atomic mass is 9.95. The van der Waals surface area contributed by atoms with Crippen molar-refractivity contribution in [1.82, 2.24) is 4.98 Å². The van der Waals surface area contributed by atoms with Gasteiger partial charge in [-0.15, -0.1) is 0 Å². The van der Waals surface area contributed by atoms with Gasteiger partial charge in [-0.25, -0.2) is 4.98 Å². The van der Waals surface area contributed by atoms with Gasteiger partial charge < -0.3 is 25.5 Å². The molecule has 1 fully saturated rings. The summed E-state index contributed by atoms with van der Waals surface area (Å²) in [6.45, 7) is 0. The minimum Gasteiger partial charge on any atom is -0.627 e. The van der Waals surface area contributed by atoms with E-state index >= 15 is 0 Å². The first-order chi connectivity index (χ1) is 8.16. The Bertz CT molecular complexity index is 364. The number of pyridine rings is 1. The van der Waals surface area contributed by atoms with E-state index in [9.17, 15) is 15.5 Å². The first-order valence-corrected chi connectivity index (χ1v) is 5.68. The fourth-order valence-corrected chi connectivity index (χ4v) is 1.96. The molecule has 17 heavy (non-hydrogen) atoms. The zero-order valence-corrected chi connectivity index (χ0v) is 9.33. The van der Waals surface area contributed by atoms with Crippen molar-refractivity contribution in [2.24, 2.45) is 0 Å². The topological polar surface area (TPSA) is 92.9 Å². The highest BCUT2D eigenvalue weighted by molar-refractivity contribution is 5.39. The molecule has 0 spiro atoms. The summed E-state index contributed by atoms with van der Waals surface area (Å²) < 4.78 is 5.55. The van der Waals surface area contributed by atoms with Crippen molar-refractivity contribution in [2.45, 2.75) is 37.9 Å². The van der Waals surface area contributed by atoms with Gasteiger partial charge in [0.25, 0.3) is 5.88 Å². The molecule has 0 radical (unpaired) electrons. The van der Waals surface area contributed by atoms with Gasteiger partial charge in [0.1, 0.15) is 6.10 Å². The third-order valence-electron chi connectivity index (χ3n) is 2.91. The van der Waals surface area contributed by atoms with Gasteiger partial charge in [0.15, 0.2) is 5.69 Å². The number of nitrogens with one attached hydrogen (secondary N) is 1. The molecule has 2 rings (SSSR count). The van der Waals surface area contributed by atoms with Gasteiger partial charge in [-0.1, -0.05) is 0 Å². The van der Waals surface area contributed by atoms with Gasteiger partial charge >= 0.3 is 0 Å². The minimum absolute atomic E-state index is 0.0291. The van der Waals surface area contributed by atoms with Crippen LogP contribution in [0.2, 0.25) is 0 Å². The smallest absolute Gasteiger partial charge is 0.277 e. The van der Waals surface area contributed by atoms with E-state index in [4.69, 9.17) is 4.74 Å². The Morgan fingerprint density at radius 3 is 2.65 bits per heavy atom. The van der Waals surface area contributed by atoms with Crippen LogP contribution >= 0.6 is 0 Å². The summed E-state index contributed by atoms with van der Waals surface area (Å²) in [7, 11) is 0. The fourth-order valence-electron chi connectivity index (χ4n) is 1.96. The number of aromatic nitrogens is 1. The molecule has 0 amide bonds. The van der Waals surface area contributed by atoms with Gasteiger partial charge in [-0.3, -0.25) is 0 Å². The van der Waals surface area contributed by atoms with E-state index in [0.717, 1.165) is 0 Å². The van der Waals surface area contributed by atoms with E-state index in [2.05, 4.69) is 4.98 Å². The van der Waals surface area contributed by atoms with Gasteiger partial charge in [0, 0.05) is 12.3 Å². The maximum atomic E-state index is 10.8. The molecule has 0 unspecified atom stereocenters. The second kappa shape index (κ2) is 5.42. The summed E-state index contributed by atoms with van der Waals surface area (Å²) in [5.41, 5.74) is -0.0291. The number of rotatable bonds is 3. The highest BCUT2D eigenvalue weighted by atomic mass is 16.8. The number of aliphatic hydroxyl groups is 1. The van der Waals surface area contributed by atoms with Crippen LogP contribution in [0.3, 0.4) is 0 Å². The van der Waals surface area contributed by atoms with Crippen LogP contribution in [0.15, 0.2) is 18.3 Å². The van der Waals surface area contributed by atoms with E-state index < -0.39 is 5.23 Å². The Morgan fingerprint density at radius 1 is 1.29 bits per heavy atom. The maximum Gasteiger partial charge on any atom is 0.277 e. The van der Waals surface area contributed by atoms with Crippen molar-refractivity contribution in [3.05, 3.63) is 28.7 Å². The molecule has 0 aromatic carbocycles. The van der Waals surface area contributed by atoms with Crippen molar-refractivity contribution in [1.29, 1.82) is 0 Å². The minimum atomic E-state index is -1.29. The molecule has 94 valence electrons. The fraction of sp³-hybridized carbons (Fsp3) is 0.545. The van der Waals surface area contributed by atoms with Gasteiger partial charge in [0.05, 0.1) is 6.10 Å². The highest BCUT2D eigenvalue weighted by Crippen LogP contribution is 2.25. The Hall–Kier alpha value is -1.21. The monoisotopic (exact) mass is 239 g/mol. The molecule has 1 aromatic heterocycles. The van der Waals surface area contributed by atoms with E-state index in [1.807, 2.05) is 0 Å². The summed E-state index contributed by atoms with van der Waals surface area (Å²) in [5, 5.41) is 29.8. The number of ether oxygens (including phenoxy) is 1. The summed E-state index contributed by atoms with van der Waals surface area (Å²) in [6.07, 6.45) is 3.93. The largest absolute Gasteiger partial charge is 0.627 e. The average molecular weight is 239 g/mol. The highest BCUT2D eigenvalue weighted by Gasteiger charge is 2.22. The molecule has 2 N–H and O–H groups in total. The number of hydrogen-bond acceptors (Lipinski definition) is 5. The molecule has 1 aliphatic carbocycles. The van der Waals surface area contributed by atoms with Crippen LogP contribution in [-0.2, 0) is 0 Å². The lowest BCUT2D eigenvalue weighted by Gasteiger charge is -2.29. The van der Waals surface area contributed by atoms with Gasteiger partial charge in [-0.2, -0.15) is 0 Å². The molecule has 1 aliphatic rings. The molecule has 0 bridgehead atoms. The van der Waals surface area contributed by atoms with Crippen molar-refractivity contribution < 1.29 is 15.1 Å². The molecule has 1 saturated carbocycles. The molecule has 1 aromatic rings. The van der Waals surface area contributed by atoms with Crippen LogP contribution in [0.4, 0.5) is 5.69 Å². The first-order valence-electron chi connectivity index (χ1n) is 5.68. The predicted molar refractivity (Wildman–Crippen MR) is 60.5 cm³/mol. The molecule has 1 heterocycles. The second-order valence-electron chi connectivity index (χ2n) is 4.19. The van der Waals surface area contributed by atoms with Crippen molar-refractivity contribution in [3.63, 3.8) is 0 Å². The molecular weight excluding hydrogens is 224 g/mol. The van der Waals surface area contributed by atoms with Crippen LogP contribution in [-0.4, -0.2) is 22.3 Å². The normalized spacial score (nSPS) is 24.9. The van der Waals surface area contributed by atoms with Crippen molar-refractivity contribution >= 4 is 5.69 Å². The van der Waals surface area contributed by atoms with Crippen LogP contribution < -0.4 is 9.96 Å². The molecular formula is C11H15N2O4-. The van der Waals surface area contributed by atoms with Gasteiger partial charge in [-0.05, 0) is 31.7 Å². The standard InChI is InChI=1S/C11H15N2O4/c14-8-3-5-9(6-4-8)17-11-10(13(15)16)2-1-7-12-11/h1-2,7-9,13-14H,3-6H2/q-1. The van der Waals surface area contributed by atoms with Crippen LogP contribution in [0.5, 0.6) is 5.88 Å². The lowest BCUT2D eigenvalue weighted by Crippen LogP contribution is -2.96. The van der Waals surface area contributed by atoms with E-state index in [1.54, 1.807) is 0 Å². The summed E-state index contributed by atoms with van der Waals surface area (Å²) in [5.74, 6) is 0.105. The third-order valence-corrected chi connectivity index (χ3v) is 2.91. The first kappa shape index (κ1) is 12.3. The zero-order valence-electron chi connectivity index (χ0n) is 9.33. The predicted octanol–water partition coefficient (Wildman–Crippen LogP) is 0.276. The average Bonchev–Trinajstić information content (AvgIpc) is 2.32. The summed E-state index contributed by atoms with van der Waals surface area (Å²) in [6, 6.07) is 2.94. The molecule has 0 aliphatic heterocycles. The zero-order chi connectivity index (χ0) is 12.3. The molecule has 0 atom stereocenters. The SMILES string of the molecule is [O-][NH+]([O-])c1cccnc1OC1CCC(O)CC1.